The first-order valence-corrected chi connectivity index (χ1v) is 13.1. The van der Waals surface area contributed by atoms with Crippen LogP contribution in [-0.4, -0.2) is 70.8 Å². The number of para-hydroxylation sites is 1. The fourth-order valence-electron chi connectivity index (χ4n) is 5.14. The van der Waals surface area contributed by atoms with E-state index in [2.05, 4.69) is 15.1 Å². The molecule has 1 saturated heterocycles. The van der Waals surface area contributed by atoms with E-state index in [1.807, 2.05) is 82.1 Å². The first-order valence-electron chi connectivity index (χ1n) is 13.1. The molecule has 1 fully saturated rings. The third-order valence-corrected chi connectivity index (χ3v) is 7.20. The molecule has 5 aromatic rings. The number of anilines is 1. The molecular formula is C30H30N6O3. The summed E-state index contributed by atoms with van der Waals surface area (Å²) in [5, 5.41) is 10.1. The van der Waals surface area contributed by atoms with Crippen molar-refractivity contribution in [1.29, 1.82) is 0 Å². The van der Waals surface area contributed by atoms with Gasteiger partial charge in [-0.3, -0.25) is 4.79 Å². The maximum atomic E-state index is 13.2. The molecular weight excluding hydrogens is 492 g/mol. The molecule has 6 rings (SSSR count). The van der Waals surface area contributed by atoms with E-state index in [1.54, 1.807) is 14.2 Å². The summed E-state index contributed by atoms with van der Waals surface area (Å²) >= 11 is 0. The van der Waals surface area contributed by atoms with Crippen LogP contribution in [0.2, 0.25) is 0 Å². The molecule has 0 saturated carbocycles. The first-order chi connectivity index (χ1) is 19.1. The summed E-state index contributed by atoms with van der Waals surface area (Å²) in [7, 11) is 3.29. The normalized spacial score (nSPS) is 14.0. The molecule has 0 atom stereocenters. The average molecular weight is 523 g/mol. The topological polar surface area (TPSA) is 85.1 Å². The van der Waals surface area contributed by atoms with Crippen molar-refractivity contribution in [1.82, 2.24) is 24.5 Å². The monoisotopic (exact) mass is 522 g/mol. The van der Waals surface area contributed by atoms with Gasteiger partial charge in [0.05, 0.1) is 26.2 Å². The van der Waals surface area contributed by atoms with Crippen LogP contribution in [0.1, 0.15) is 12.0 Å². The second-order valence-corrected chi connectivity index (χ2v) is 9.59. The minimum atomic E-state index is 0.116. The molecule has 1 aliphatic rings. The number of ether oxygens (including phenoxy) is 2. The summed E-state index contributed by atoms with van der Waals surface area (Å²) in [6, 6.07) is 23.5. The number of methoxy groups -OCH3 is 2. The zero-order valence-electron chi connectivity index (χ0n) is 22.1. The number of aromatic nitrogens is 4. The van der Waals surface area contributed by atoms with Crippen LogP contribution < -0.4 is 14.4 Å². The standard InChI is InChI=1S/C30H30N6O3/c1-38-23-13-11-22(12-14-23)28-32-33-29-25-9-3-4-10-26(25)31-30(36(28)29)35-16-6-15-34(17-18-35)27(37)20-21-7-5-8-24(19-21)39-2/h3-5,7-14,19H,6,15-18,20H2,1-2H3. The fourth-order valence-corrected chi connectivity index (χ4v) is 5.14. The zero-order valence-corrected chi connectivity index (χ0v) is 22.1. The minimum absolute atomic E-state index is 0.116. The number of amides is 1. The molecule has 9 heteroatoms. The Morgan fingerprint density at radius 1 is 0.846 bits per heavy atom. The summed E-state index contributed by atoms with van der Waals surface area (Å²) in [5.74, 6) is 3.15. The molecule has 3 aromatic carbocycles. The highest BCUT2D eigenvalue weighted by atomic mass is 16.5. The van der Waals surface area contributed by atoms with Crippen LogP contribution in [0, 0.1) is 0 Å². The molecule has 0 radical (unpaired) electrons. The molecule has 9 nitrogen and oxygen atoms in total. The third kappa shape index (κ3) is 4.83. The molecule has 1 aliphatic heterocycles. The van der Waals surface area contributed by atoms with Crippen molar-refractivity contribution in [2.24, 2.45) is 0 Å². The maximum absolute atomic E-state index is 13.2. The van der Waals surface area contributed by atoms with Gasteiger partial charge in [0.1, 0.15) is 11.5 Å². The van der Waals surface area contributed by atoms with Crippen molar-refractivity contribution < 1.29 is 14.3 Å². The summed E-state index contributed by atoms with van der Waals surface area (Å²) in [6.07, 6.45) is 1.18. The number of nitrogens with zero attached hydrogens (tertiary/aromatic N) is 6. The van der Waals surface area contributed by atoms with E-state index in [0.29, 0.717) is 26.1 Å². The van der Waals surface area contributed by atoms with E-state index < -0.39 is 0 Å². The van der Waals surface area contributed by atoms with Crippen LogP contribution >= 0.6 is 0 Å². The van der Waals surface area contributed by atoms with Gasteiger partial charge in [0.2, 0.25) is 11.9 Å². The van der Waals surface area contributed by atoms with Gasteiger partial charge in [-0.1, -0.05) is 24.3 Å². The van der Waals surface area contributed by atoms with E-state index in [-0.39, 0.29) is 5.91 Å². The second-order valence-electron chi connectivity index (χ2n) is 9.59. The van der Waals surface area contributed by atoms with E-state index in [9.17, 15) is 4.79 Å². The Bertz CT molecular complexity index is 1630. The first kappa shape index (κ1) is 24.7. The van der Waals surface area contributed by atoms with Crippen molar-refractivity contribution in [2.75, 3.05) is 45.3 Å². The molecule has 39 heavy (non-hydrogen) atoms. The van der Waals surface area contributed by atoms with Gasteiger partial charge < -0.3 is 19.3 Å². The lowest BCUT2D eigenvalue weighted by Gasteiger charge is -2.24. The van der Waals surface area contributed by atoms with Gasteiger partial charge in [0, 0.05) is 37.1 Å². The van der Waals surface area contributed by atoms with Gasteiger partial charge in [-0.05, 0) is 60.5 Å². The van der Waals surface area contributed by atoms with Crippen LogP contribution in [0.3, 0.4) is 0 Å². The van der Waals surface area contributed by atoms with Gasteiger partial charge in [0.25, 0.3) is 0 Å². The molecule has 198 valence electrons. The van der Waals surface area contributed by atoms with Gasteiger partial charge in [0.15, 0.2) is 11.5 Å². The van der Waals surface area contributed by atoms with Crippen molar-refractivity contribution in [2.45, 2.75) is 12.8 Å². The molecule has 0 N–H and O–H groups in total. The van der Waals surface area contributed by atoms with Gasteiger partial charge in [-0.15, -0.1) is 10.2 Å². The Balaban J connectivity index is 1.32. The Labute approximate surface area is 226 Å². The van der Waals surface area contributed by atoms with Gasteiger partial charge in [-0.2, -0.15) is 0 Å². The van der Waals surface area contributed by atoms with E-state index in [1.165, 1.54) is 0 Å². The van der Waals surface area contributed by atoms with Crippen LogP contribution in [0.4, 0.5) is 5.95 Å². The lowest BCUT2D eigenvalue weighted by molar-refractivity contribution is -0.130. The van der Waals surface area contributed by atoms with E-state index in [0.717, 1.165) is 63.9 Å². The maximum Gasteiger partial charge on any atom is 0.227 e. The summed E-state index contributed by atoms with van der Waals surface area (Å²) in [4.78, 5) is 22.5. The molecule has 0 spiro atoms. The molecule has 3 heterocycles. The summed E-state index contributed by atoms with van der Waals surface area (Å²) in [5.41, 5.74) is 3.50. The summed E-state index contributed by atoms with van der Waals surface area (Å²) in [6.45, 7) is 2.73. The van der Waals surface area contributed by atoms with Crippen LogP contribution in [0.15, 0.2) is 72.8 Å². The summed E-state index contributed by atoms with van der Waals surface area (Å²) < 4.78 is 12.7. The van der Waals surface area contributed by atoms with Crippen molar-refractivity contribution >= 4 is 28.4 Å². The molecule has 2 aromatic heterocycles. The van der Waals surface area contributed by atoms with Crippen LogP contribution in [0.5, 0.6) is 11.5 Å². The predicted molar refractivity (Wildman–Crippen MR) is 150 cm³/mol. The number of fused-ring (bicyclic) bond motifs is 3. The Kier molecular flexibility index (Phi) is 6.71. The highest BCUT2D eigenvalue weighted by Crippen LogP contribution is 2.30. The zero-order chi connectivity index (χ0) is 26.8. The van der Waals surface area contributed by atoms with E-state index in [4.69, 9.17) is 14.5 Å². The number of benzene rings is 3. The Morgan fingerprint density at radius 2 is 1.67 bits per heavy atom. The fraction of sp³-hybridized carbons (Fsp3) is 0.267. The molecule has 0 unspecified atom stereocenters. The predicted octanol–water partition coefficient (Wildman–Crippen LogP) is 4.24. The highest BCUT2D eigenvalue weighted by Gasteiger charge is 2.24. The van der Waals surface area contributed by atoms with Crippen molar-refractivity contribution in [3.63, 3.8) is 0 Å². The quantitative estimate of drug-likeness (QED) is 0.330. The lowest BCUT2D eigenvalue weighted by Crippen LogP contribution is -2.36. The number of carbonyl (C=O) groups excluding carboxylic acids is 1. The Hall–Kier alpha value is -4.66. The molecule has 0 bridgehead atoms. The molecule has 1 amide bonds. The van der Waals surface area contributed by atoms with Crippen LogP contribution in [-0.2, 0) is 11.2 Å². The second kappa shape index (κ2) is 10.6. The van der Waals surface area contributed by atoms with Crippen LogP contribution in [0.25, 0.3) is 27.9 Å². The third-order valence-electron chi connectivity index (χ3n) is 7.20. The molecule has 0 aliphatic carbocycles. The SMILES string of the molecule is COc1ccc(-c2nnc3c4ccccc4nc(N4CCCN(C(=O)Cc5cccc(OC)c5)CC4)n23)cc1. The Morgan fingerprint density at radius 3 is 2.49 bits per heavy atom. The average Bonchev–Trinajstić information content (AvgIpc) is 3.28. The van der Waals surface area contributed by atoms with E-state index >= 15 is 0 Å². The number of hydrogen-bond acceptors (Lipinski definition) is 7. The van der Waals surface area contributed by atoms with Crippen molar-refractivity contribution in [3.8, 4) is 22.9 Å². The van der Waals surface area contributed by atoms with Gasteiger partial charge >= 0.3 is 0 Å². The van der Waals surface area contributed by atoms with Gasteiger partial charge in [-0.25, -0.2) is 9.38 Å². The van der Waals surface area contributed by atoms with Crippen molar-refractivity contribution in [3.05, 3.63) is 78.4 Å². The number of hydrogen-bond donors (Lipinski definition) is 0. The lowest BCUT2D eigenvalue weighted by atomic mass is 10.1. The number of carbonyl (C=O) groups is 1. The highest BCUT2D eigenvalue weighted by molar-refractivity contribution is 5.93. The smallest absolute Gasteiger partial charge is 0.227 e. The minimum Gasteiger partial charge on any atom is -0.497 e. The largest absolute Gasteiger partial charge is 0.497 e. The number of rotatable bonds is 6.